The summed E-state index contributed by atoms with van der Waals surface area (Å²) in [4.78, 5) is 16.8. The summed E-state index contributed by atoms with van der Waals surface area (Å²) in [6.07, 6.45) is 6.46. The lowest BCUT2D eigenvalue weighted by Crippen LogP contribution is -1.88. The zero-order chi connectivity index (χ0) is 13.0. The van der Waals surface area contributed by atoms with Crippen molar-refractivity contribution in [3.05, 3.63) is 40.4 Å². The van der Waals surface area contributed by atoms with Crippen LogP contribution < -0.4 is 0 Å². The number of thiophene rings is 1. The van der Waals surface area contributed by atoms with E-state index < -0.39 is 5.97 Å². The summed E-state index contributed by atoms with van der Waals surface area (Å²) >= 11 is 3.26. The Labute approximate surface area is 113 Å². The van der Waals surface area contributed by atoms with Crippen LogP contribution in [0.2, 0.25) is 0 Å². The van der Waals surface area contributed by atoms with Gasteiger partial charge in [0.2, 0.25) is 0 Å². The molecule has 2 aromatic rings. The lowest BCUT2D eigenvalue weighted by atomic mass is 10.4. The molecule has 0 radical (unpaired) electrons. The Morgan fingerprint density at radius 3 is 3.11 bits per heavy atom. The van der Waals surface area contributed by atoms with E-state index in [0.717, 1.165) is 21.9 Å². The highest BCUT2D eigenvalue weighted by atomic mass is 32.2. The number of aryl methyl sites for hydroxylation is 1. The Balaban J connectivity index is 1.95. The molecule has 0 aromatic carbocycles. The molecule has 0 aliphatic rings. The van der Waals surface area contributed by atoms with Crippen molar-refractivity contribution in [2.75, 3.05) is 0 Å². The van der Waals surface area contributed by atoms with Crippen molar-refractivity contribution >= 4 is 35.1 Å². The minimum absolute atomic E-state index is 0.844. The van der Waals surface area contributed by atoms with E-state index in [0.29, 0.717) is 0 Å². The minimum Gasteiger partial charge on any atom is -0.478 e. The molecule has 0 atom stereocenters. The molecule has 1 N–H and O–H groups in total. The van der Waals surface area contributed by atoms with Crippen molar-refractivity contribution in [1.29, 1.82) is 0 Å². The van der Waals surface area contributed by atoms with E-state index in [2.05, 4.69) is 4.98 Å². The number of imidazole rings is 1. The highest BCUT2D eigenvalue weighted by Crippen LogP contribution is 2.26. The van der Waals surface area contributed by atoms with Gasteiger partial charge in [0.25, 0.3) is 0 Å². The van der Waals surface area contributed by atoms with E-state index in [1.807, 2.05) is 29.9 Å². The van der Waals surface area contributed by atoms with Gasteiger partial charge in [-0.25, -0.2) is 9.78 Å². The summed E-state index contributed by atoms with van der Waals surface area (Å²) in [6.45, 7) is 0. The van der Waals surface area contributed by atoms with Gasteiger partial charge in [0.1, 0.15) is 0 Å². The molecule has 0 saturated heterocycles. The molecule has 2 aromatic heterocycles. The van der Waals surface area contributed by atoms with Crippen LogP contribution in [0.15, 0.2) is 35.8 Å². The normalized spacial score (nSPS) is 11.2. The first kappa shape index (κ1) is 12.9. The van der Waals surface area contributed by atoms with E-state index in [4.69, 9.17) is 5.11 Å². The predicted octanol–water partition coefficient (Wildman–Crippen LogP) is 2.87. The van der Waals surface area contributed by atoms with Crippen LogP contribution in [0.3, 0.4) is 0 Å². The fourth-order valence-electron chi connectivity index (χ4n) is 1.34. The Kier molecular flexibility index (Phi) is 4.22. The van der Waals surface area contributed by atoms with Crippen LogP contribution in [0.1, 0.15) is 9.75 Å². The molecule has 0 aliphatic heterocycles. The fraction of sp³-hybridized carbons (Fsp3) is 0.167. The first-order chi connectivity index (χ1) is 8.65. The Bertz CT molecular complexity index is 572. The molecule has 0 spiro atoms. The molecular formula is C12H12N2O2S2. The van der Waals surface area contributed by atoms with Gasteiger partial charge in [-0.3, -0.25) is 0 Å². The highest BCUT2D eigenvalue weighted by Gasteiger charge is 2.03. The van der Waals surface area contributed by atoms with Crippen molar-refractivity contribution in [1.82, 2.24) is 9.55 Å². The highest BCUT2D eigenvalue weighted by molar-refractivity contribution is 7.98. The molecule has 0 saturated carbocycles. The molecule has 0 unspecified atom stereocenters. The maximum absolute atomic E-state index is 10.4. The lowest BCUT2D eigenvalue weighted by Gasteiger charge is -1.98. The average molecular weight is 280 g/mol. The van der Waals surface area contributed by atoms with Gasteiger partial charge in [-0.1, -0.05) is 11.8 Å². The van der Waals surface area contributed by atoms with Crippen LogP contribution in [0.4, 0.5) is 0 Å². The third-order valence-corrected chi connectivity index (χ3v) is 4.53. The molecule has 18 heavy (non-hydrogen) atoms. The number of hydrogen-bond donors (Lipinski definition) is 1. The van der Waals surface area contributed by atoms with Crippen LogP contribution in [0.5, 0.6) is 0 Å². The number of thioether (sulfide) groups is 1. The van der Waals surface area contributed by atoms with Crippen molar-refractivity contribution in [3.8, 4) is 0 Å². The van der Waals surface area contributed by atoms with Gasteiger partial charge >= 0.3 is 5.97 Å². The molecule has 0 aliphatic carbocycles. The maximum atomic E-state index is 10.4. The predicted molar refractivity (Wildman–Crippen MR) is 73.8 cm³/mol. The van der Waals surface area contributed by atoms with Crippen LogP contribution in [0, 0.1) is 0 Å². The zero-order valence-corrected chi connectivity index (χ0v) is 11.4. The van der Waals surface area contributed by atoms with Crippen LogP contribution in [0.25, 0.3) is 6.08 Å². The van der Waals surface area contributed by atoms with Gasteiger partial charge in [0.05, 0.1) is 0 Å². The standard InChI is InChI=1S/C12H12N2O2S2/c1-14-7-6-13-12(14)17-8-10-3-2-9(18-10)4-5-11(15)16/h2-7H,8H2,1H3,(H,15,16). The quantitative estimate of drug-likeness (QED) is 0.676. The number of nitrogens with zero attached hydrogens (tertiary/aromatic N) is 2. The second kappa shape index (κ2) is 5.88. The topological polar surface area (TPSA) is 55.1 Å². The fourth-order valence-corrected chi connectivity index (χ4v) is 3.23. The molecule has 0 bridgehead atoms. The van der Waals surface area contributed by atoms with Crippen LogP contribution >= 0.6 is 23.1 Å². The van der Waals surface area contributed by atoms with Gasteiger partial charge < -0.3 is 9.67 Å². The molecule has 0 fully saturated rings. The molecule has 6 heteroatoms. The van der Waals surface area contributed by atoms with Gasteiger partial charge in [-0.05, 0) is 18.2 Å². The third kappa shape index (κ3) is 3.48. The second-order valence-corrected chi connectivity index (χ2v) is 5.73. The largest absolute Gasteiger partial charge is 0.478 e. The van der Waals surface area contributed by atoms with Crippen molar-refractivity contribution < 1.29 is 9.90 Å². The molecule has 94 valence electrons. The Morgan fingerprint density at radius 2 is 2.44 bits per heavy atom. The molecule has 2 rings (SSSR count). The number of hydrogen-bond acceptors (Lipinski definition) is 4. The Morgan fingerprint density at radius 1 is 1.61 bits per heavy atom. The minimum atomic E-state index is -0.924. The van der Waals surface area contributed by atoms with Gasteiger partial charge in [-0.15, -0.1) is 11.3 Å². The van der Waals surface area contributed by atoms with E-state index >= 15 is 0 Å². The van der Waals surface area contributed by atoms with E-state index in [1.54, 1.807) is 35.4 Å². The lowest BCUT2D eigenvalue weighted by molar-refractivity contribution is -0.131. The van der Waals surface area contributed by atoms with Gasteiger partial charge in [-0.2, -0.15) is 0 Å². The number of aromatic nitrogens is 2. The summed E-state index contributed by atoms with van der Waals surface area (Å²) in [5.74, 6) is -0.0801. The second-order valence-electron chi connectivity index (χ2n) is 3.59. The van der Waals surface area contributed by atoms with E-state index in [-0.39, 0.29) is 0 Å². The monoisotopic (exact) mass is 280 g/mol. The van der Waals surface area contributed by atoms with Crippen LogP contribution in [-0.4, -0.2) is 20.6 Å². The summed E-state index contributed by atoms with van der Waals surface area (Å²) in [6, 6.07) is 3.94. The summed E-state index contributed by atoms with van der Waals surface area (Å²) in [5.41, 5.74) is 0. The summed E-state index contributed by atoms with van der Waals surface area (Å²) in [7, 11) is 1.96. The SMILES string of the molecule is Cn1ccnc1SCc1ccc(C=CC(=O)O)s1. The maximum Gasteiger partial charge on any atom is 0.328 e. The Hall–Kier alpha value is -1.53. The number of rotatable bonds is 5. The van der Waals surface area contributed by atoms with E-state index in [9.17, 15) is 4.79 Å². The number of carboxylic acid groups (broad SMARTS) is 1. The number of aliphatic carboxylic acids is 1. The number of carboxylic acids is 1. The molecule has 4 nitrogen and oxygen atoms in total. The molecule has 2 heterocycles. The average Bonchev–Trinajstić information content (AvgIpc) is 2.93. The van der Waals surface area contributed by atoms with Crippen LogP contribution in [-0.2, 0) is 17.6 Å². The van der Waals surface area contributed by atoms with E-state index in [1.165, 1.54) is 4.88 Å². The smallest absolute Gasteiger partial charge is 0.328 e. The first-order valence-electron chi connectivity index (χ1n) is 5.25. The van der Waals surface area contributed by atoms with Gasteiger partial charge in [0.15, 0.2) is 5.16 Å². The zero-order valence-electron chi connectivity index (χ0n) is 9.74. The van der Waals surface area contributed by atoms with Gasteiger partial charge in [0, 0.05) is 41.0 Å². The molecular weight excluding hydrogens is 268 g/mol. The molecule has 0 amide bonds. The number of carbonyl (C=O) groups is 1. The summed E-state index contributed by atoms with van der Waals surface area (Å²) < 4.78 is 1.98. The summed E-state index contributed by atoms with van der Waals surface area (Å²) in [5, 5.41) is 9.52. The van der Waals surface area contributed by atoms with Crippen molar-refractivity contribution in [3.63, 3.8) is 0 Å². The third-order valence-electron chi connectivity index (χ3n) is 2.19. The van der Waals surface area contributed by atoms with Crippen molar-refractivity contribution in [2.45, 2.75) is 10.9 Å². The first-order valence-corrected chi connectivity index (χ1v) is 7.05. The van der Waals surface area contributed by atoms with Crippen molar-refractivity contribution in [2.24, 2.45) is 7.05 Å².